The van der Waals surface area contributed by atoms with E-state index in [-0.39, 0.29) is 5.82 Å². The first kappa shape index (κ1) is 11.9. The van der Waals surface area contributed by atoms with Crippen molar-refractivity contribution in [1.82, 2.24) is 0 Å². The summed E-state index contributed by atoms with van der Waals surface area (Å²) in [5.41, 5.74) is 8.67. The molecule has 0 bridgehead atoms. The molecule has 2 aromatic rings. The van der Waals surface area contributed by atoms with Gasteiger partial charge in [0.25, 0.3) is 0 Å². The van der Waals surface area contributed by atoms with E-state index in [9.17, 15) is 4.39 Å². The number of benzene rings is 2. The molecule has 0 saturated heterocycles. The first-order valence-corrected chi connectivity index (χ1v) is 5.94. The van der Waals surface area contributed by atoms with Crippen LogP contribution in [0.2, 0.25) is 0 Å². The third kappa shape index (κ3) is 2.58. The van der Waals surface area contributed by atoms with Gasteiger partial charge in [0, 0.05) is 15.8 Å². The van der Waals surface area contributed by atoms with Gasteiger partial charge < -0.3 is 11.1 Å². The number of nitrogens with one attached hydrogen (secondary N) is 1. The van der Waals surface area contributed by atoms with Gasteiger partial charge in [-0.1, -0.05) is 12.1 Å². The second kappa shape index (κ2) is 4.75. The van der Waals surface area contributed by atoms with Crippen LogP contribution in [0.3, 0.4) is 0 Å². The van der Waals surface area contributed by atoms with Crippen LogP contribution in [-0.2, 0) is 0 Å². The zero-order chi connectivity index (χ0) is 12.4. The average molecular weight is 295 g/mol. The lowest BCUT2D eigenvalue weighted by Gasteiger charge is -2.11. The number of para-hydroxylation sites is 1. The Morgan fingerprint density at radius 2 is 2.00 bits per heavy atom. The molecule has 0 saturated carbocycles. The Balaban J connectivity index is 2.35. The molecule has 0 spiro atoms. The molecule has 0 radical (unpaired) electrons. The maximum atomic E-state index is 13.6. The third-order valence-electron chi connectivity index (χ3n) is 2.51. The molecule has 0 unspecified atom stereocenters. The lowest BCUT2D eigenvalue weighted by atomic mass is 10.2. The third-order valence-corrected chi connectivity index (χ3v) is 3.17. The summed E-state index contributed by atoms with van der Waals surface area (Å²) in [6.07, 6.45) is 0. The molecule has 0 fully saturated rings. The fourth-order valence-electron chi connectivity index (χ4n) is 1.48. The van der Waals surface area contributed by atoms with Gasteiger partial charge in [0.1, 0.15) is 5.82 Å². The molecule has 2 rings (SSSR count). The van der Waals surface area contributed by atoms with Crippen molar-refractivity contribution in [3.8, 4) is 0 Å². The number of anilines is 3. The van der Waals surface area contributed by atoms with Gasteiger partial charge >= 0.3 is 0 Å². The van der Waals surface area contributed by atoms with E-state index in [4.69, 9.17) is 5.73 Å². The molecule has 0 aliphatic rings. The first-order valence-electron chi connectivity index (χ1n) is 5.15. The second-order valence-corrected chi connectivity index (χ2v) is 4.65. The Bertz CT molecular complexity index is 535. The Hall–Kier alpha value is -1.55. The van der Waals surface area contributed by atoms with E-state index in [1.807, 2.05) is 19.1 Å². The normalized spacial score (nSPS) is 10.3. The van der Waals surface area contributed by atoms with Crippen LogP contribution < -0.4 is 11.1 Å². The summed E-state index contributed by atoms with van der Waals surface area (Å²) in [5.74, 6) is -0.307. The molecule has 4 heteroatoms. The van der Waals surface area contributed by atoms with Gasteiger partial charge in [0.15, 0.2) is 0 Å². The molecule has 2 nitrogen and oxygen atoms in total. The number of nitrogen functional groups attached to an aromatic ring is 1. The number of hydrogen-bond acceptors (Lipinski definition) is 2. The van der Waals surface area contributed by atoms with E-state index in [0.717, 1.165) is 11.3 Å². The van der Waals surface area contributed by atoms with Gasteiger partial charge in [-0.3, -0.25) is 0 Å². The van der Waals surface area contributed by atoms with Crippen molar-refractivity contribution in [1.29, 1.82) is 0 Å². The van der Waals surface area contributed by atoms with Crippen LogP contribution in [0.1, 0.15) is 5.56 Å². The summed E-state index contributed by atoms with van der Waals surface area (Å²) >= 11 is 3.30. The smallest absolute Gasteiger partial charge is 0.147 e. The molecule has 88 valence electrons. The predicted molar refractivity (Wildman–Crippen MR) is 73.0 cm³/mol. The lowest BCUT2D eigenvalue weighted by molar-refractivity contribution is 0.631. The Labute approximate surface area is 108 Å². The largest absolute Gasteiger partial charge is 0.398 e. The zero-order valence-electron chi connectivity index (χ0n) is 9.30. The highest BCUT2D eigenvalue weighted by Gasteiger charge is 2.06. The number of aryl methyl sites for hydroxylation is 1. The summed E-state index contributed by atoms with van der Waals surface area (Å²) < 4.78 is 14.3. The number of nitrogens with two attached hydrogens (primary N) is 1. The minimum Gasteiger partial charge on any atom is -0.398 e. The first-order chi connectivity index (χ1) is 8.08. The van der Waals surface area contributed by atoms with Crippen LogP contribution in [0.25, 0.3) is 0 Å². The SMILES string of the molecule is Cc1ccc(Nc2c(F)cccc2Br)cc1N. The number of hydrogen-bond donors (Lipinski definition) is 2. The highest BCUT2D eigenvalue weighted by molar-refractivity contribution is 9.10. The van der Waals surface area contributed by atoms with Gasteiger partial charge in [-0.25, -0.2) is 4.39 Å². The number of halogens is 2. The molecule has 0 heterocycles. The van der Waals surface area contributed by atoms with Gasteiger partial charge in [0.05, 0.1) is 5.69 Å². The van der Waals surface area contributed by atoms with Crippen molar-refractivity contribution >= 4 is 33.0 Å². The van der Waals surface area contributed by atoms with Crippen molar-refractivity contribution < 1.29 is 4.39 Å². The molecule has 0 aliphatic carbocycles. The van der Waals surface area contributed by atoms with E-state index in [1.54, 1.807) is 18.2 Å². The second-order valence-electron chi connectivity index (χ2n) is 3.79. The van der Waals surface area contributed by atoms with E-state index >= 15 is 0 Å². The minimum atomic E-state index is -0.307. The molecule has 0 aromatic heterocycles. The van der Waals surface area contributed by atoms with Crippen LogP contribution in [0.15, 0.2) is 40.9 Å². The fraction of sp³-hybridized carbons (Fsp3) is 0.0769. The summed E-state index contributed by atoms with van der Waals surface area (Å²) in [6.45, 7) is 1.93. The van der Waals surface area contributed by atoms with Crippen molar-refractivity contribution in [2.24, 2.45) is 0 Å². The van der Waals surface area contributed by atoms with Crippen LogP contribution >= 0.6 is 15.9 Å². The van der Waals surface area contributed by atoms with E-state index < -0.39 is 0 Å². The summed E-state index contributed by atoms with van der Waals surface area (Å²) in [5, 5.41) is 3.01. The highest BCUT2D eigenvalue weighted by atomic mass is 79.9. The van der Waals surface area contributed by atoms with Gasteiger partial charge in [-0.15, -0.1) is 0 Å². The van der Waals surface area contributed by atoms with E-state index in [1.165, 1.54) is 6.07 Å². The molecule has 17 heavy (non-hydrogen) atoms. The maximum absolute atomic E-state index is 13.6. The van der Waals surface area contributed by atoms with Crippen molar-refractivity contribution in [2.45, 2.75) is 6.92 Å². The minimum absolute atomic E-state index is 0.307. The molecule has 2 aromatic carbocycles. The van der Waals surface area contributed by atoms with E-state index in [2.05, 4.69) is 21.2 Å². The lowest BCUT2D eigenvalue weighted by Crippen LogP contribution is -1.97. The fourth-order valence-corrected chi connectivity index (χ4v) is 1.92. The van der Waals surface area contributed by atoms with E-state index in [0.29, 0.717) is 15.8 Å². The van der Waals surface area contributed by atoms with Crippen LogP contribution in [0.5, 0.6) is 0 Å². The monoisotopic (exact) mass is 294 g/mol. The number of rotatable bonds is 2. The average Bonchev–Trinajstić information content (AvgIpc) is 2.28. The molecule has 0 amide bonds. The molecule has 3 N–H and O–H groups in total. The Kier molecular flexibility index (Phi) is 3.33. The van der Waals surface area contributed by atoms with Crippen molar-refractivity contribution in [3.63, 3.8) is 0 Å². The predicted octanol–water partition coefficient (Wildman–Crippen LogP) is 4.22. The van der Waals surface area contributed by atoms with Crippen LogP contribution in [0, 0.1) is 12.7 Å². The maximum Gasteiger partial charge on any atom is 0.147 e. The van der Waals surface area contributed by atoms with Crippen LogP contribution in [0.4, 0.5) is 21.5 Å². The highest BCUT2D eigenvalue weighted by Crippen LogP contribution is 2.29. The summed E-state index contributed by atoms with van der Waals surface area (Å²) in [7, 11) is 0. The van der Waals surface area contributed by atoms with Crippen molar-refractivity contribution in [3.05, 3.63) is 52.3 Å². The van der Waals surface area contributed by atoms with Gasteiger partial charge in [0.2, 0.25) is 0 Å². The quantitative estimate of drug-likeness (QED) is 0.814. The van der Waals surface area contributed by atoms with Gasteiger partial charge in [-0.2, -0.15) is 0 Å². The Morgan fingerprint density at radius 1 is 1.24 bits per heavy atom. The molecular formula is C13H12BrFN2. The van der Waals surface area contributed by atoms with Crippen molar-refractivity contribution in [2.75, 3.05) is 11.1 Å². The molecule has 0 aliphatic heterocycles. The Morgan fingerprint density at radius 3 is 2.65 bits per heavy atom. The topological polar surface area (TPSA) is 38.0 Å². The summed E-state index contributed by atoms with van der Waals surface area (Å²) in [4.78, 5) is 0. The zero-order valence-corrected chi connectivity index (χ0v) is 10.9. The van der Waals surface area contributed by atoms with Gasteiger partial charge in [-0.05, 0) is 52.7 Å². The molecular weight excluding hydrogens is 283 g/mol. The van der Waals surface area contributed by atoms with Crippen LogP contribution in [-0.4, -0.2) is 0 Å². The molecule has 0 atom stereocenters. The summed E-state index contributed by atoms with van der Waals surface area (Å²) in [6, 6.07) is 10.4. The standard InChI is InChI=1S/C13H12BrFN2/c1-8-5-6-9(7-12(8)16)17-13-10(14)3-2-4-11(13)15/h2-7,17H,16H2,1H3.